The lowest BCUT2D eigenvalue weighted by Crippen LogP contribution is -2.32. The predicted molar refractivity (Wildman–Crippen MR) is 133 cm³/mol. The van der Waals surface area contributed by atoms with E-state index in [0.717, 1.165) is 0 Å². The van der Waals surface area contributed by atoms with Crippen molar-refractivity contribution in [3.05, 3.63) is 121 Å². The van der Waals surface area contributed by atoms with Gasteiger partial charge in [0.25, 0.3) is 12.6 Å². The van der Waals surface area contributed by atoms with Crippen LogP contribution in [0, 0.1) is 0 Å². The van der Waals surface area contributed by atoms with Gasteiger partial charge in [-0.2, -0.15) is 0 Å². The summed E-state index contributed by atoms with van der Waals surface area (Å²) in [5.41, 5.74) is 0. The molecule has 0 N–H and O–H groups in total. The lowest BCUT2D eigenvalue weighted by molar-refractivity contribution is -0.143. The Morgan fingerprint density at radius 1 is 0.371 bits per heavy atom. The summed E-state index contributed by atoms with van der Waals surface area (Å²) >= 11 is 0. The monoisotopic (exact) mass is 472 g/mol. The van der Waals surface area contributed by atoms with Crippen LogP contribution >= 0.6 is 0 Å². The van der Waals surface area contributed by atoms with E-state index in [9.17, 15) is 0 Å². The molecule has 0 saturated carbocycles. The number of rotatable bonds is 14. The molecule has 0 aliphatic heterocycles. The van der Waals surface area contributed by atoms with Crippen molar-refractivity contribution in [2.45, 2.75) is 12.6 Å². The lowest BCUT2D eigenvalue weighted by Gasteiger charge is -2.22. The first-order valence-electron chi connectivity index (χ1n) is 11.4. The molecule has 4 aromatic rings. The van der Waals surface area contributed by atoms with E-state index in [1.54, 1.807) is 0 Å². The Morgan fingerprint density at radius 2 is 0.629 bits per heavy atom. The maximum atomic E-state index is 5.95. The molecule has 4 aromatic carbocycles. The van der Waals surface area contributed by atoms with Crippen molar-refractivity contribution >= 4 is 0 Å². The van der Waals surface area contributed by atoms with Crippen LogP contribution in [0.15, 0.2) is 121 Å². The summed E-state index contributed by atoms with van der Waals surface area (Å²) in [6, 6.07) is 37.8. The number of para-hydroxylation sites is 4. The van der Waals surface area contributed by atoms with Gasteiger partial charge in [-0.3, -0.25) is 0 Å². The van der Waals surface area contributed by atoms with E-state index in [2.05, 4.69) is 0 Å². The van der Waals surface area contributed by atoms with E-state index in [0.29, 0.717) is 23.0 Å². The smallest absolute Gasteiger partial charge is 0.264 e. The van der Waals surface area contributed by atoms with Gasteiger partial charge in [-0.25, -0.2) is 0 Å². The first-order valence-corrected chi connectivity index (χ1v) is 11.4. The fourth-order valence-corrected chi connectivity index (χ4v) is 3.14. The molecule has 0 aliphatic rings. The first-order chi connectivity index (χ1) is 17.3. The average Bonchev–Trinajstić information content (AvgIpc) is 2.91. The molecule has 0 radical (unpaired) electrons. The largest absolute Gasteiger partial charge is 0.452 e. The van der Waals surface area contributed by atoms with Gasteiger partial charge in [0, 0.05) is 0 Å². The van der Waals surface area contributed by atoms with Crippen LogP contribution in [0.4, 0.5) is 0 Å². The fraction of sp³-hybridized carbons (Fsp3) is 0.172. The molecule has 0 bridgehead atoms. The summed E-state index contributed by atoms with van der Waals surface area (Å²) in [7, 11) is 0. The highest BCUT2D eigenvalue weighted by Crippen LogP contribution is 2.17. The zero-order chi connectivity index (χ0) is 24.0. The molecule has 0 aromatic heterocycles. The van der Waals surface area contributed by atoms with Gasteiger partial charge < -0.3 is 28.4 Å². The van der Waals surface area contributed by atoms with Gasteiger partial charge in [-0.15, -0.1) is 0 Å². The van der Waals surface area contributed by atoms with Gasteiger partial charge in [0.05, 0.1) is 0 Å². The highest BCUT2D eigenvalue weighted by atomic mass is 16.7. The summed E-state index contributed by atoms with van der Waals surface area (Å²) in [4.78, 5) is 0. The van der Waals surface area contributed by atoms with Crippen molar-refractivity contribution in [1.29, 1.82) is 0 Å². The van der Waals surface area contributed by atoms with Crippen LogP contribution in [0.3, 0.4) is 0 Å². The van der Waals surface area contributed by atoms with E-state index in [-0.39, 0.29) is 20.0 Å². The van der Waals surface area contributed by atoms with E-state index in [4.69, 9.17) is 28.4 Å². The molecule has 0 heterocycles. The van der Waals surface area contributed by atoms with E-state index < -0.39 is 12.6 Å². The Kier molecular flexibility index (Phi) is 9.41. The molecule has 0 amide bonds. The number of benzene rings is 4. The van der Waals surface area contributed by atoms with Crippen molar-refractivity contribution < 1.29 is 28.4 Å². The third kappa shape index (κ3) is 8.70. The second kappa shape index (κ2) is 13.6. The minimum Gasteiger partial charge on any atom is -0.452 e. The number of ether oxygens (including phenoxy) is 6. The van der Waals surface area contributed by atoms with Crippen LogP contribution in [0.25, 0.3) is 0 Å². The Morgan fingerprint density at radius 3 is 0.886 bits per heavy atom. The topological polar surface area (TPSA) is 55.4 Å². The molecule has 0 spiro atoms. The van der Waals surface area contributed by atoms with Gasteiger partial charge in [-0.1, -0.05) is 72.8 Å². The lowest BCUT2D eigenvalue weighted by atomic mass is 10.3. The third-order valence-corrected chi connectivity index (χ3v) is 4.72. The van der Waals surface area contributed by atoms with Crippen LogP contribution in [0.1, 0.15) is 0 Å². The van der Waals surface area contributed by atoms with E-state index >= 15 is 0 Å². The Balaban J connectivity index is 1.28. The molecule has 6 nitrogen and oxygen atoms in total. The number of hydrogen-bond donors (Lipinski definition) is 0. The molecule has 180 valence electrons. The second-order valence-electron chi connectivity index (χ2n) is 7.44. The minimum absolute atomic E-state index is 0.0135. The molecular weight excluding hydrogens is 444 g/mol. The van der Waals surface area contributed by atoms with Gasteiger partial charge in [0.2, 0.25) is 0 Å². The first kappa shape index (κ1) is 24.1. The zero-order valence-corrected chi connectivity index (χ0v) is 19.3. The average molecular weight is 473 g/mol. The van der Waals surface area contributed by atoms with Gasteiger partial charge >= 0.3 is 0 Å². The van der Waals surface area contributed by atoms with Crippen LogP contribution in [0.5, 0.6) is 23.0 Å². The fourth-order valence-electron chi connectivity index (χ4n) is 3.14. The molecule has 0 atom stereocenters. The van der Waals surface area contributed by atoms with Gasteiger partial charge in [0.15, 0.2) is 0 Å². The highest BCUT2D eigenvalue weighted by molar-refractivity contribution is 5.24. The third-order valence-electron chi connectivity index (χ3n) is 4.72. The maximum Gasteiger partial charge on any atom is 0.264 e. The second-order valence-corrected chi connectivity index (χ2v) is 7.44. The summed E-state index contributed by atoms with van der Waals surface area (Å²) in [5.74, 6) is 2.74. The van der Waals surface area contributed by atoms with Crippen molar-refractivity contribution in [3.63, 3.8) is 0 Å². The van der Waals surface area contributed by atoms with E-state index in [1.165, 1.54) is 0 Å². The van der Waals surface area contributed by atoms with Crippen LogP contribution < -0.4 is 18.9 Å². The van der Waals surface area contributed by atoms with Crippen molar-refractivity contribution in [1.82, 2.24) is 0 Å². The molecule has 4 rings (SSSR count). The Hall–Kier alpha value is -4.00. The Bertz CT molecular complexity index is 905. The van der Waals surface area contributed by atoms with E-state index in [1.807, 2.05) is 121 Å². The highest BCUT2D eigenvalue weighted by Gasteiger charge is 2.15. The predicted octanol–water partition coefficient (Wildman–Crippen LogP) is 5.95. The number of hydrogen-bond acceptors (Lipinski definition) is 6. The molecule has 0 aliphatic carbocycles. The van der Waals surface area contributed by atoms with Crippen LogP contribution in [0.2, 0.25) is 0 Å². The van der Waals surface area contributed by atoms with Crippen molar-refractivity contribution in [2.24, 2.45) is 0 Å². The SMILES string of the molecule is c1ccc(OC(COCOCC(Oc2ccccc2)Oc2ccccc2)Oc2ccccc2)cc1. The minimum atomic E-state index is -0.652. The Labute approximate surface area is 205 Å². The summed E-state index contributed by atoms with van der Waals surface area (Å²) in [6.07, 6.45) is -1.30. The van der Waals surface area contributed by atoms with Crippen molar-refractivity contribution in [2.75, 3.05) is 20.0 Å². The zero-order valence-electron chi connectivity index (χ0n) is 19.3. The molecule has 35 heavy (non-hydrogen) atoms. The molecule has 6 heteroatoms. The normalized spacial score (nSPS) is 10.8. The standard InChI is InChI=1S/C29H28O6/c1-5-13-24(14-6-1)32-28(33-25-15-7-2-8-16-25)21-30-23-31-22-29(34-26-17-9-3-10-18-26)35-27-19-11-4-12-20-27/h1-20,28-29H,21-23H2. The molecule has 0 unspecified atom stereocenters. The molecule has 0 saturated heterocycles. The maximum absolute atomic E-state index is 5.95. The van der Waals surface area contributed by atoms with Gasteiger partial charge in [0.1, 0.15) is 43.0 Å². The van der Waals surface area contributed by atoms with Gasteiger partial charge in [-0.05, 0) is 48.5 Å². The van der Waals surface area contributed by atoms with Crippen LogP contribution in [-0.4, -0.2) is 32.6 Å². The summed E-state index contributed by atoms with van der Waals surface area (Å²) in [5, 5.41) is 0. The molecule has 0 fully saturated rings. The summed E-state index contributed by atoms with van der Waals surface area (Å²) in [6.45, 7) is 0.334. The molecular formula is C29H28O6. The quantitative estimate of drug-likeness (QED) is 0.167. The van der Waals surface area contributed by atoms with Crippen LogP contribution in [-0.2, 0) is 9.47 Å². The summed E-state index contributed by atoms with van der Waals surface area (Å²) < 4.78 is 35.2. The van der Waals surface area contributed by atoms with Crippen molar-refractivity contribution in [3.8, 4) is 23.0 Å².